The Balaban J connectivity index is 1.75. The number of carbonyl (C=O) groups is 1. The zero-order valence-electron chi connectivity index (χ0n) is 20.5. The Kier molecular flexibility index (Phi) is 9.80. The maximum Gasteiger partial charge on any atom is 0.407 e. The molecule has 2 aromatic rings. The topological polar surface area (TPSA) is 128 Å². The number of sulfonamides is 1. The average molecular weight is 520 g/mol. The number of hydrogen-bond acceptors (Lipinski definition) is 7. The van der Waals surface area contributed by atoms with Crippen molar-refractivity contribution < 1.29 is 27.6 Å². The van der Waals surface area contributed by atoms with E-state index in [4.69, 9.17) is 9.47 Å². The zero-order chi connectivity index (χ0) is 26.1. The maximum absolute atomic E-state index is 13.4. The summed E-state index contributed by atoms with van der Waals surface area (Å²) in [4.78, 5) is 22.9. The maximum atomic E-state index is 13.4. The lowest BCUT2D eigenvalue weighted by atomic mass is 10.0. The number of ether oxygens (including phenoxy) is 2. The molecule has 3 rings (SSSR count). The third-order valence-electron chi connectivity index (χ3n) is 5.79. The second-order valence-electron chi connectivity index (χ2n) is 9.22. The number of nitro groups is 1. The molecule has 196 valence electrons. The van der Waals surface area contributed by atoms with E-state index < -0.39 is 21.0 Å². The lowest BCUT2D eigenvalue weighted by Gasteiger charge is -2.27. The van der Waals surface area contributed by atoms with E-state index in [1.165, 1.54) is 28.6 Å². The molecule has 36 heavy (non-hydrogen) atoms. The second-order valence-corrected chi connectivity index (χ2v) is 11.2. The number of alkyl carbamates (subject to hydrolysis) is 1. The standard InChI is InChI=1S/C25H33N3O7S/c1-19(2)17-27(36(32,33)24-10-8-22(9-11-24)28(30)31)14-12-21(16-20-6-4-3-5-7-20)26-25(29)35-23-13-15-34-18-23/h3-11,19,21,23H,12-18H2,1-2H3,(H,26,29)/t21?,23-/m0/s1. The Hall–Kier alpha value is -3.02. The van der Waals surface area contributed by atoms with E-state index >= 15 is 0 Å². The molecule has 10 nitrogen and oxygen atoms in total. The predicted octanol–water partition coefficient (Wildman–Crippen LogP) is 3.76. The lowest BCUT2D eigenvalue weighted by molar-refractivity contribution is -0.384. The molecule has 0 aliphatic carbocycles. The van der Waals surface area contributed by atoms with Crippen LogP contribution in [0, 0.1) is 16.0 Å². The van der Waals surface area contributed by atoms with Gasteiger partial charge in [-0.25, -0.2) is 13.2 Å². The van der Waals surface area contributed by atoms with Gasteiger partial charge in [-0.15, -0.1) is 0 Å². The van der Waals surface area contributed by atoms with Gasteiger partial charge in [0.1, 0.15) is 6.10 Å². The molecule has 1 fully saturated rings. The smallest absolute Gasteiger partial charge is 0.407 e. The first kappa shape index (κ1) is 27.6. The van der Waals surface area contributed by atoms with Gasteiger partial charge in [0.15, 0.2) is 0 Å². The van der Waals surface area contributed by atoms with Gasteiger partial charge in [-0.05, 0) is 36.5 Å². The Morgan fingerprint density at radius 2 is 1.89 bits per heavy atom. The summed E-state index contributed by atoms with van der Waals surface area (Å²) in [5.74, 6) is 0.0469. The fourth-order valence-electron chi connectivity index (χ4n) is 3.99. The molecule has 11 heteroatoms. The quantitative estimate of drug-likeness (QED) is 0.334. The van der Waals surface area contributed by atoms with Crippen molar-refractivity contribution in [3.8, 4) is 0 Å². The number of nitro benzene ring substituents is 1. The molecule has 0 bridgehead atoms. The monoisotopic (exact) mass is 519 g/mol. The highest BCUT2D eigenvalue weighted by Gasteiger charge is 2.28. The molecular formula is C25H33N3O7S. The molecule has 0 radical (unpaired) electrons. The van der Waals surface area contributed by atoms with Gasteiger partial charge in [-0.1, -0.05) is 44.2 Å². The number of amides is 1. The van der Waals surface area contributed by atoms with Crippen molar-refractivity contribution in [2.24, 2.45) is 5.92 Å². The molecular weight excluding hydrogens is 486 g/mol. The van der Waals surface area contributed by atoms with Gasteiger partial charge in [0, 0.05) is 37.7 Å². The Labute approximate surface area is 211 Å². The van der Waals surface area contributed by atoms with E-state index in [1.807, 2.05) is 44.2 Å². The van der Waals surface area contributed by atoms with E-state index in [9.17, 15) is 23.3 Å². The molecule has 0 spiro atoms. The molecule has 1 aliphatic rings. The highest BCUT2D eigenvalue weighted by molar-refractivity contribution is 7.89. The third-order valence-corrected chi connectivity index (χ3v) is 7.67. The molecule has 1 heterocycles. The molecule has 2 atom stereocenters. The number of rotatable bonds is 12. The van der Waals surface area contributed by atoms with Crippen molar-refractivity contribution in [1.29, 1.82) is 0 Å². The van der Waals surface area contributed by atoms with Crippen LogP contribution >= 0.6 is 0 Å². The van der Waals surface area contributed by atoms with Crippen LogP contribution in [-0.4, -0.2) is 62.2 Å². The van der Waals surface area contributed by atoms with Crippen molar-refractivity contribution in [1.82, 2.24) is 9.62 Å². The van der Waals surface area contributed by atoms with Crippen molar-refractivity contribution >= 4 is 21.8 Å². The summed E-state index contributed by atoms with van der Waals surface area (Å²) in [6.07, 6.45) is 0.656. The first-order valence-electron chi connectivity index (χ1n) is 12.0. The Morgan fingerprint density at radius 1 is 1.19 bits per heavy atom. The van der Waals surface area contributed by atoms with Gasteiger partial charge in [0.05, 0.1) is 23.0 Å². The third kappa shape index (κ3) is 8.00. The SMILES string of the molecule is CC(C)CN(CCC(Cc1ccccc1)NC(=O)O[C@H]1CCOC1)S(=O)(=O)c1ccc([N+](=O)[O-])cc1. The summed E-state index contributed by atoms with van der Waals surface area (Å²) in [7, 11) is -3.90. The Bertz CT molecular complexity index is 1100. The number of carbonyl (C=O) groups excluding carboxylic acids is 1. The van der Waals surface area contributed by atoms with E-state index in [2.05, 4.69) is 5.32 Å². The predicted molar refractivity (Wildman–Crippen MR) is 134 cm³/mol. The largest absolute Gasteiger partial charge is 0.444 e. The molecule has 0 saturated carbocycles. The minimum Gasteiger partial charge on any atom is -0.444 e. The van der Waals surface area contributed by atoms with Crippen LogP contribution < -0.4 is 5.32 Å². The minimum atomic E-state index is -3.90. The van der Waals surface area contributed by atoms with Crippen LogP contribution in [0.25, 0.3) is 0 Å². The Morgan fingerprint density at radius 3 is 2.47 bits per heavy atom. The summed E-state index contributed by atoms with van der Waals surface area (Å²) in [5.41, 5.74) is 0.822. The van der Waals surface area contributed by atoms with Crippen molar-refractivity contribution in [2.45, 2.75) is 50.2 Å². The fourth-order valence-corrected chi connectivity index (χ4v) is 5.61. The molecule has 1 aliphatic heterocycles. The van der Waals surface area contributed by atoms with E-state index in [-0.39, 0.29) is 41.7 Å². The van der Waals surface area contributed by atoms with Crippen LogP contribution in [0.3, 0.4) is 0 Å². The molecule has 1 unspecified atom stereocenters. The van der Waals surface area contributed by atoms with Gasteiger partial charge in [0.25, 0.3) is 5.69 Å². The van der Waals surface area contributed by atoms with Crippen molar-refractivity contribution in [3.05, 3.63) is 70.3 Å². The fraction of sp³-hybridized carbons (Fsp3) is 0.480. The number of nitrogens with zero attached hydrogens (tertiary/aromatic N) is 2. The number of hydrogen-bond donors (Lipinski definition) is 1. The van der Waals surface area contributed by atoms with Crippen LogP contribution in [0.2, 0.25) is 0 Å². The van der Waals surface area contributed by atoms with Crippen molar-refractivity contribution in [2.75, 3.05) is 26.3 Å². The molecule has 1 saturated heterocycles. The average Bonchev–Trinajstić information content (AvgIpc) is 3.34. The molecule has 1 amide bonds. The van der Waals surface area contributed by atoms with Crippen LogP contribution in [0.15, 0.2) is 59.5 Å². The van der Waals surface area contributed by atoms with Gasteiger partial charge < -0.3 is 14.8 Å². The first-order chi connectivity index (χ1) is 17.1. The van der Waals surface area contributed by atoms with E-state index in [0.717, 1.165) is 5.56 Å². The first-order valence-corrected chi connectivity index (χ1v) is 13.4. The molecule has 1 N–H and O–H groups in total. The van der Waals surface area contributed by atoms with Crippen molar-refractivity contribution in [3.63, 3.8) is 0 Å². The van der Waals surface area contributed by atoms with Gasteiger partial charge >= 0.3 is 6.09 Å². The number of nitrogens with one attached hydrogen (secondary N) is 1. The minimum absolute atomic E-state index is 0.0121. The highest BCUT2D eigenvalue weighted by Crippen LogP contribution is 2.21. The van der Waals surface area contributed by atoms with Crippen LogP contribution in [-0.2, 0) is 25.9 Å². The number of benzene rings is 2. The lowest BCUT2D eigenvalue weighted by Crippen LogP contribution is -2.42. The second kappa shape index (κ2) is 12.8. The summed E-state index contributed by atoms with van der Waals surface area (Å²) >= 11 is 0. The van der Waals surface area contributed by atoms with Gasteiger partial charge in [-0.3, -0.25) is 10.1 Å². The molecule has 2 aromatic carbocycles. The summed E-state index contributed by atoms with van der Waals surface area (Å²) < 4.78 is 38.9. The summed E-state index contributed by atoms with van der Waals surface area (Å²) in [6.45, 7) is 5.17. The van der Waals surface area contributed by atoms with Crippen LogP contribution in [0.5, 0.6) is 0 Å². The normalized spacial score (nSPS) is 16.7. The van der Waals surface area contributed by atoms with Crippen LogP contribution in [0.4, 0.5) is 10.5 Å². The zero-order valence-corrected chi connectivity index (χ0v) is 21.4. The molecule has 0 aromatic heterocycles. The highest BCUT2D eigenvalue weighted by atomic mass is 32.2. The van der Waals surface area contributed by atoms with Gasteiger partial charge in [0.2, 0.25) is 10.0 Å². The van der Waals surface area contributed by atoms with Crippen LogP contribution in [0.1, 0.15) is 32.3 Å². The summed E-state index contributed by atoms with van der Waals surface area (Å²) in [6, 6.07) is 14.1. The van der Waals surface area contributed by atoms with Gasteiger partial charge in [-0.2, -0.15) is 4.31 Å². The van der Waals surface area contributed by atoms with E-state index in [0.29, 0.717) is 32.5 Å². The summed E-state index contributed by atoms with van der Waals surface area (Å²) in [5, 5.41) is 13.9. The van der Waals surface area contributed by atoms with E-state index in [1.54, 1.807) is 0 Å². The number of non-ortho nitro benzene ring substituents is 1.